The first-order chi connectivity index (χ1) is 9.37. The van der Waals surface area contributed by atoms with Gasteiger partial charge in [-0.05, 0) is 48.8 Å². The van der Waals surface area contributed by atoms with Gasteiger partial charge in [0.1, 0.15) is 0 Å². The van der Waals surface area contributed by atoms with Gasteiger partial charge >= 0.3 is 0 Å². The van der Waals surface area contributed by atoms with E-state index in [4.69, 9.17) is 0 Å². The van der Waals surface area contributed by atoms with E-state index in [-0.39, 0.29) is 0 Å². The van der Waals surface area contributed by atoms with Crippen molar-refractivity contribution in [1.29, 1.82) is 0 Å². The van der Waals surface area contributed by atoms with Crippen molar-refractivity contribution in [3.8, 4) is 0 Å². The van der Waals surface area contributed by atoms with Crippen LogP contribution in [0, 0.1) is 17.0 Å². The van der Waals surface area contributed by atoms with E-state index in [1.807, 2.05) is 0 Å². The normalized spacial score (nSPS) is 20.9. The van der Waals surface area contributed by atoms with E-state index < -0.39 is 17.7 Å². The third kappa shape index (κ3) is 4.00. The third-order valence-corrected chi connectivity index (χ3v) is 4.27. The minimum absolute atomic E-state index is 0.371. The van der Waals surface area contributed by atoms with Gasteiger partial charge in [0, 0.05) is 12.6 Å². The Kier molecular flexibility index (Phi) is 4.76. The van der Waals surface area contributed by atoms with Gasteiger partial charge in [-0.15, -0.1) is 0 Å². The molecule has 1 saturated carbocycles. The second-order valence-electron chi connectivity index (χ2n) is 6.54. The summed E-state index contributed by atoms with van der Waals surface area (Å²) in [5.74, 6) is -1.80. The summed E-state index contributed by atoms with van der Waals surface area (Å²) in [6.45, 7) is 4.93. The van der Waals surface area contributed by atoms with Crippen LogP contribution in [0.4, 0.5) is 8.78 Å². The molecule has 2 N–H and O–H groups in total. The number of rotatable bonds is 4. The van der Waals surface area contributed by atoms with Crippen molar-refractivity contribution in [2.24, 2.45) is 5.41 Å². The van der Waals surface area contributed by atoms with E-state index in [9.17, 15) is 13.9 Å². The van der Waals surface area contributed by atoms with Crippen molar-refractivity contribution in [2.75, 3.05) is 6.54 Å². The number of hydrogen-bond donors (Lipinski definition) is 2. The highest BCUT2D eigenvalue weighted by Crippen LogP contribution is 2.35. The molecule has 0 radical (unpaired) electrons. The third-order valence-electron chi connectivity index (χ3n) is 4.27. The first kappa shape index (κ1) is 15.4. The molecule has 2 nitrogen and oxygen atoms in total. The Balaban J connectivity index is 1.83. The van der Waals surface area contributed by atoms with Crippen LogP contribution in [0.2, 0.25) is 0 Å². The fourth-order valence-electron chi connectivity index (χ4n) is 2.72. The van der Waals surface area contributed by atoms with Gasteiger partial charge in [0.15, 0.2) is 11.6 Å². The number of aliphatic hydroxyl groups is 1. The summed E-state index contributed by atoms with van der Waals surface area (Å²) < 4.78 is 26.0. The predicted molar refractivity (Wildman–Crippen MR) is 75.4 cm³/mol. The molecule has 1 fully saturated rings. The van der Waals surface area contributed by atoms with Crippen molar-refractivity contribution < 1.29 is 13.9 Å². The van der Waals surface area contributed by atoms with Gasteiger partial charge in [0.25, 0.3) is 0 Å². The van der Waals surface area contributed by atoms with Gasteiger partial charge in [-0.3, -0.25) is 0 Å². The fraction of sp³-hybridized carbons (Fsp3) is 0.625. The minimum Gasteiger partial charge on any atom is -0.387 e. The number of hydrogen-bond acceptors (Lipinski definition) is 2. The van der Waals surface area contributed by atoms with Crippen molar-refractivity contribution in [3.63, 3.8) is 0 Å². The Bertz CT molecular complexity index is 452. The zero-order chi connectivity index (χ0) is 14.8. The monoisotopic (exact) mass is 283 g/mol. The van der Waals surface area contributed by atoms with Crippen LogP contribution in [-0.2, 0) is 0 Å². The maximum atomic E-state index is 13.1. The molecule has 112 valence electrons. The molecule has 1 aliphatic carbocycles. The summed E-state index contributed by atoms with van der Waals surface area (Å²) in [7, 11) is 0. The number of nitrogens with one attached hydrogen (secondary N) is 1. The van der Waals surface area contributed by atoms with Crippen molar-refractivity contribution >= 4 is 0 Å². The molecule has 0 aromatic heterocycles. The van der Waals surface area contributed by atoms with Gasteiger partial charge in [-0.25, -0.2) is 8.78 Å². The molecule has 0 bridgehead atoms. The minimum atomic E-state index is -0.916. The molecule has 1 aromatic rings. The molecule has 0 saturated heterocycles. The number of aliphatic hydroxyl groups excluding tert-OH is 1. The predicted octanol–water partition coefficient (Wildman–Crippen LogP) is 3.56. The summed E-state index contributed by atoms with van der Waals surface area (Å²) in [6.07, 6.45) is 3.73. The van der Waals surface area contributed by atoms with Gasteiger partial charge < -0.3 is 10.4 Å². The average Bonchev–Trinajstić information content (AvgIpc) is 2.40. The SMILES string of the molecule is CC1(C)CCC(NCC(O)c2ccc(F)c(F)c2)CC1. The molecule has 1 aliphatic rings. The lowest BCUT2D eigenvalue weighted by Crippen LogP contribution is -2.37. The van der Waals surface area contributed by atoms with Crippen LogP contribution >= 0.6 is 0 Å². The first-order valence-electron chi connectivity index (χ1n) is 7.24. The van der Waals surface area contributed by atoms with Crippen LogP contribution in [-0.4, -0.2) is 17.7 Å². The lowest BCUT2D eigenvalue weighted by Gasteiger charge is -2.35. The Labute approximate surface area is 119 Å². The maximum Gasteiger partial charge on any atom is 0.159 e. The van der Waals surface area contributed by atoms with Gasteiger partial charge in [0.05, 0.1) is 6.10 Å². The summed E-state index contributed by atoms with van der Waals surface area (Å²) in [4.78, 5) is 0. The molecule has 20 heavy (non-hydrogen) atoms. The lowest BCUT2D eigenvalue weighted by atomic mass is 9.75. The zero-order valence-electron chi connectivity index (χ0n) is 12.1. The smallest absolute Gasteiger partial charge is 0.159 e. The van der Waals surface area contributed by atoms with E-state index in [0.717, 1.165) is 25.0 Å². The largest absolute Gasteiger partial charge is 0.387 e. The molecule has 0 aliphatic heterocycles. The van der Waals surface area contributed by atoms with Crippen LogP contribution in [0.25, 0.3) is 0 Å². The van der Waals surface area contributed by atoms with E-state index in [1.165, 1.54) is 18.9 Å². The van der Waals surface area contributed by atoms with Gasteiger partial charge in [0.2, 0.25) is 0 Å². The second-order valence-corrected chi connectivity index (χ2v) is 6.54. The van der Waals surface area contributed by atoms with Crippen LogP contribution in [0.15, 0.2) is 18.2 Å². The quantitative estimate of drug-likeness (QED) is 0.885. The van der Waals surface area contributed by atoms with E-state index in [2.05, 4.69) is 19.2 Å². The molecule has 4 heteroatoms. The van der Waals surface area contributed by atoms with Crippen LogP contribution in [0.3, 0.4) is 0 Å². The van der Waals surface area contributed by atoms with E-state index in [1.54, 1.807) is 0 Å². The molecule has 0 amide bonds. The van der Waals surface area contributed by atoms with Crippen molar-refractivity contribution in [1.82, 2.24) is 5.32 Å². The second kappa shape index (κ2) is 6.19. The van der Waals surface area contributed by atoms with Crippen molar-refractivity contribution in [3.05, 3.63) is 35.4 Å². The highest BCUT2D eigenvalue weighted by Gasteiger charge is 2.26. The Hall–Kier alpha value is -1.00. The van der Waals surface area contributed by atoms with Crippen LogP contribution < -0.4 is 5.32 Å². The Morgan fingerprint density at radius 2 is 1.90 bits per heavy atom. The van der Waals surface area contributed by atoms with E-state index in [0.29, 0.717) is 23.6 Å². The molecular weight excluding hydrogens is 260 g/mol. The molecule has 0 heterocycles. The lowest BCUT2D eigenvalue weighted by molar-refractivity contribution is 0.152. The molecule has 1 unspecified atom stereocenters. The van der Waals surface area contributed by atoms with E-state index >= 15 is 0 Å². The topological polar surface area (TPSA) is 32.3 Å². The van der Waals surface area contributed by atoms with Crippen LogP contribution in [0.5, 0.6) is 0 Å². The summed E-state index contributed by atoms with van der Waals surface area (Å²) in [5.41, 5.74) is 0.823. The maximum absolute atomic E-state index is 13.1. The highest BCUT2D eigenvalue weighted by atomic mass is 19.2. The number of benzene rings is 1. The molecular formula is C16H23F2NO. The molecule has 0 spiro atoms. The Morgan fingerprint density at radius 1 is 1.25 bits per heavy atom. The molecule has 1 aromatic carbocycles. The molecule has 1 atom stereocenters. The zero-order valence-corrected chi connectivity index (χ0v) is 12.1. The highest BCUT2D eigenvalue weighted by molar-refractivity contribution is 5.20. The first-order valence-corrected chi connectivity index (χ1v) is 7.24. The standard InChI is InChI=1S/C16H23F2NO/c1-16(2)7-5-12(6-8-16)19-10-15(20)11-3-4-13(17)14(18)9-11/h3-4,9,12,15,19-20H,5-8,10H2,1-2H3. The Morgan fingerprint density at radius 3 is 2.50 bits per heavy atom. The molecule has 2 rings (SSSR count). The fourth-order valence-corrected chi connectivity index (χ4v) is 2.72. The number of halogens is 2. The summed E-state index contributed by atoms with van der Waals surface area (Å²) in [6, 6.07) is 3.94. The van der Waals surface area contributed by atoms with Crippen molar-refractivity contribution in [2.45, 2.75) is 51.7 Å². The van der Waals surface area contributed by atoms with Gasteiger partial charge in [-0.1, -0.05) is 19.9 Å². The average molecular weight is 283 g/mol. The summed E-state index contributed by atoms with van der Waals surface area (Å²) >= 11 is 0. The van der Waals surface area contributed by atoms with Crippen LogP contribution in [0.1, 0.15) is 51.2 Å². The summed E-state index contributed by atoms with van der Waals surface area (Å²) in [5, 5.41) is 13.3. The van der Waals surface area contributed by atoms with Gasteiger partial charge in [-0.2, -0.15) is 0 Å².